The highest BCUT2D eigenvalue weighted by molar-refractivity contribution is 6.30. The lowest BCUT2D eigenvalue weighted by molar-refractivity contribution is 0.0196. The van der Waals surface area contributed by atoms with Crippen LogP contribution in [0.2, 0.25) is 5.02 Å². The Morgan fingerprint density at radius 1 is 1.50 bits per heavy atom. The molecule has 0 aliphatic heterocycles. The van der Waals surface area contributed by atoms with Crippen LogP contribution >= 0.6 is 11.6 Å². The second-order valence-corrected chi connectivity index (χ2v) is 5.13. The summed E-state index contributed by atoms with van der Waals surface area (Å²) in [6.07, 6.45) is 2.37. The molecule has 1 saturated carbocycles. The molecule has 100 valence electrons. The monoisotopic (exact) mass is 271 g/mol. The molecular weight excluding hydrogens is 253 g/mol. The lowest BCUT2D eigenvalue weighted by Gasteiger charge is -2.27. The zero-order chi connectivity index (χ0) is 13.1. The van der Waals surface area contributed by atoms with Gasteiger partial charge in [0, 0.05) is 17.2 Å². The second-order valence-electron chi connectivity index (χ2n) is 4.69. The maximum absolute atomic E-state index is 14.0. The van der Waals surface area contributed by atoms with Gasteiger partial charge < -0.3 is 10.1 Å². The average molecular weight is 272 g/mol. The second kappa shape index (κ2) is 6.00. The van der Waals surface area contributed by atoms with Crippen molar-refractivity contribution in [3.05, 3.63) is 34.6 Å². The molecule has 1 aromatic carbocycles. The van der Waals surface area contributed by atoms with E-state index in [9.17, 15) is 4.39 Å². The fourth-order valence-electron chi connectivity index (χ4n) is 2.37. The summed E-state index contributed by atoms with van der Waals surface area (Å²) in [5, 5.41) is 3.60. The Bertz CT molecular complexity index is 409. The normalized spacial score (nSPS) is 18.7. The number of rotatable bonds is 6. The van der Waals surface area contributed by atoms with Gasteiger partial charge in [-0.15, -0.1) is 0 Å². The van der Waals surface area contributed by atoms with Gasteiger partial charge in [0.1, 0.15) is 5.82 Å². The van der Waals surface area contributed by atoms with Crippen molar-refractivity contribution < 1.29 is 9.13 Å². The van der Waals surface area contributed by atoms with Gasteiger partial charge in [-0.2, -0.15) is 0 Å². The van der Waals surface area contributed by atoms with Crippen LogP contribution in [0.25, 0.3) is 0 Å². The Balaban J connectivity index is 2.25. The fourth-order valence-corrected chi connectivity index (χ4v) is 2.53. The van der Waals surface area contributed by atoms with Gasteiger partial charge >= 0.3 is 0 Å². The molecule has 1 N–H and O–H groups in total. The Morgan fingerprint density at radius 2 is 2.22 bits per heavy atom. The van der Waals surface area contributed by atoms with Crippen molar-refractivity contribution in [3.63, 3.8) is 0 Å². The minimum Gasteiger partial charge on any atom is -0.376 e. The summed E-state index contributed by atoms with van der Waals surface area (Å²) in [4.78, 5) is 0. The maximum atomic E-state index is 14.0. The lowest BCUT2D eigenvalue weighted by atomic mass is 9.97. The summed E-state index contributed by atoms with van der Waals surface area (Å²) in [6.45, 7) is 2.62. The first-order chi connectivity index (χ1) is 8.67. The van der Waals surface area contributed by atoms with E-state index in [4.69, 9.17) is 16.3 Å². The Kier molecular flexibility index (Phi) is 4.60. The van der Waals surface area contributed by atoms with Crippen LogP contribution in [0.5, 0.6) is 0 Å². The van der Waals surface area contributed by atoms with Gasteiger partial charge in [0.25, 0.3) is 0 Å². The highest BCUT2D eigenvalue weighted by atomic mass is 35.5. The number of benzene rings is 1. The Morgan fingerprint density at radius 3 is 2.72 bits per heavy atom. The molecule has 0 radical (unpaired) electrons. The molecule has 1 aromatic rings. The largest absolute Gasteiger partial charge is 0.376 e. The molecule has 0 bridgehead atoms. The van der Waals surface area contributed by atoms with Crippen LogP contribution in [-0.4, -0.2) is 19.8 Å². The third kappa shape index (κ3) is 3.02. The van der Waals surface area contributed by atoms with E-state index in [1.54, 1.807) is 12.1 Å². The summed E-state index contributed by atoms with van der Waals surface area (Å²) in [5.74, 6) is 0.268. The number of halogens is 2. The van der Waals surface area contributed by atoms with Crippen LogP contribution in [0.15, 0.2) is 18.2 Å². The number of hydrogen-bond acceptors (Lipinski definition) is 2. The van der Waals surface area contributed by atoms with Gasteiger partial charge in [-0.1, -0.05) is 17.7 Å². The molecule has 2 rings (SSSR count). The van der Waals surface area contributed by atoms with E-state index in [-0.39, 0.29) is 18.0 Å². The molecule has 0 amide bonds. The van der Waals surface area contributed by atoms with Gasteiger partial charge in [-0.05, 0) is 44.9 Å². The third-order valence-corrected chi connectivity index (χ3v) is 3.62. The standard InChI is InChI=1S/C14H19ClFNO/c1-3-18-14(9-4-5-9)13(17-2)11-7-6-10(15)8-12(11)16/h6-9,13-14,17H,3-5H2,1-2H3. The lowest BCUT2D eigenvalue weighted by Crippen LogP contribution is -2.34. The predicted molar refractivity (Wildman–Crippen MR) is 71.3 cm³/mol. The number of hydrogen-bond donors (Lipinski definition) is 1. The molecule has 2 atom stereocenters. The highest BCUT2D eigenvalue weighted by Gasteiger charge is 2.38. The van der Waals surface area contributed by atoms with E-state index in [1.165, 1.54) is 6.07 Å². The van der Waals surface area contributed by atoms with E-state index in [0.717, 1.165) is 12.8 Å². The summed E-state index contributed by atoms with van der Waals surface area (Å²) >= 11 is 5.79. The molecule has 0 saturated heterocycles. The molecule has 0 aromatic heterocycles. The van der Waals surface area contributed by atoms with Crippen LogP contribution in [0, 0.1) is 11.7 Å². The molecule has 1 aliphatic rings. The van der Waals surface area contributed by atoms with Crippen molar-refractivity contribution in [1.82, 2.24) is 5.32 Å². The first kappa shape index (κ1) is 13.8. The molecule has 0 heterocycles. The smallest absolute Gasteiger partial charge is 0.129 e. The number of ether oxygens (including phenoxy) is 1. The van der Waals surface area contributed by atoms with E-state index >= 15 is 0 Å². The molecule has 2 unspecified atom stereocenters. The first-order valence-corrected chi connectivity index (χ1v) is 6.79. The van der Waals surface area contributed by atoms with E-state index < -0.39 is 0 Å². The Hall–Kier alpha value is -0.640. The van der Waals surface area contributed by atoms with Crippen molar-refractivity contribution in [3.8, 4) is 0 Å². The molecule has 2 nitrogen and oxygen atoms in total. The minimum absolute atomic E-state index is 0.0377. The summed E-state index contributed by atoms with van der Waals surface area (Å²) < 4.78 is 19.8. The first-order valence-electron chi connectivity index (χ1n) is 6.41. The Labute approximate surface area is 112 Å². The van der Waals surface area contributed by atoms with Crippen molar-refractivity contribution in [1.29, 1.82) is 0 Å². The van der Waals surface area contributed by atoms with Crippen molar-refractivity contribution in [2.75, 3.05) is 13.7 Å². The van der Waals surface area contributed by atoms with E-state index in [1.807, 2.05) is 14.0 Å². The quantitative estimate of drug-likeness (QED) is 0.854. The zero-order valence-electron chi connectivity index (χ0n) is 10.7. The summed E-state index contributed by atoms with van der Waals surface area (Å²) in [6, 6.07) is 4.71. The van der Waals surface area contributed by atoms with E-state index in [2.05, 4.69) is 5.32 Å². The molecule has 1 aliphatic carbocycles. The van der Waals surface area contributed by atoms with Crippen LogP contribution in [0.1, 0.15) is 31.4 Å². The third-order valence-electron chi connectivity index (χ3n) is 3.38. The van der Waals surface area contributed by atoms with Gasteiger partial charge in [0.15, 0.2) is 0 Å². The van der Waals surface area contributed by atoms with Crippen LogP contribution < -0.4 is 5.32 Å². The summed E-state index contributed by atoms with van der Waals surface area (Å²) in [5.41, 5.74) is 0.632. The molecule has 0 spiro atoms. The number of likely N-dealkylation sites (N-methyl/N-ethyl adjacent to an activating group) is 1. The maximum Gasteiger partial charge on any atom is 0.129 e. The van der Waals surface area contributed by atoms with E-state index in [0.29, 0.717) is 23.1 Å². The van der Waals surface area contributed by atoms with Crippen molar-refractivity contribution >= 4 is 11.6 Å². The minimum atomic E-state index is -0.271. The highest BCUT2D eigenvalue weighted by Crippen LogP contribution is 2.40. The number of nitrogens with one attached hydrogen (secondary N) is 1. The SMILES string of the molecule is CCOC(C1CC1)C(NC)c1ccc(Cl)cc1F. The fraction of sp³-hybridized carbons (Fsp3) is 0.571. The molecular formula is C14H19ClFNO. The van der Waals surface area contributed by atoms with Gasteiger partial charge in [-0.25, -0.2) is 4.39 Å². The van der Waals surface area contributed by atoms with Gasteiger partial charge in [0.05, 0.1) is 12.1 Å². The van der Waals surface area contributed by atoms with Crippen molar-refractivity contribution in [2.24, 2.45) is 5.92 Å². The van der Waals surface area contributed by atoms with Gasteiger partial charge in [-0.3, -0.25) is 0 Å². The molecule has 1 fully saturated rings. The van der Waals surface area contributed by atoms with Crippen LogP contribution in [0.4, 0.5) is 4.39 Å². The zero-order valence-corrected chi connectivity index (χ0v) is 11.5. The van der Waals surface area contributed by atoms with Gasteiger partial charge in [0.2, 0.25) is 0 Å². The molecule has 4 heteroatoms. The van der Waals surface area contributed by atoms with Crippen molar-refractivity contribution in [2.45, 2.75) is 31.9 Å². The molecule has 18 heavy (non-hydrogen) atoms. The average Bonchev–Trinajstić information content (AvgIpc) is 3.15. The topological polar surface area (TPSA) is 21.3 Å². The predicted octanol–water partition coefficient (Wildman–Crippen LogP) is 3.55. The summed E-state index contributed by atoms with van der Waals surface area (Å²) in [7, 11) is 1.84. The van der Waals surface area contributed by atoms with Crippen LogP contribution in [-0.2, 0) is 4.74 Å². The van der Waals surface area contributed by atoms with Crippen LogP contribution in [0.3, 0.4) is 0 Å².